The fourth-order valence-electron chi connectivity index (χ4n) is 9.43. The van der Waals surface area contributed by atoms with E-state index < -0.39 is 119 Å². The Morgan fingerprint density at radius 2 is 0.861 bits per heavy atom. The molecule has 0 radical (unpaired) electrons. The van der Waals surface area contributed by atoms with Gasteiger partial charge in [0.15, 0.2) is 19.7 Å². The molecule has 14 nitrogen and oxygen atoms in total. The van der Waals surface area contributed by atoms with E-state index >= 15 is 4.57 Å². The Morgan fingerprint density at radius 1 is 0.456 bits per heavy atom. The summed E-state index contributed by atoms with van der Waals surface area (Å²) in [5.41, 5.74) is 2.62. The van der Waals surface area contributed by atoms with Crippen LogP contribution in [0.25, 0.3) is 21.5 Å². The number of amides is 4. The van der Waals surface area contributed by atoms with E-state index in [1.165, 1.54) is 0 Å². The van der Waals surface area contributed by atoms with Crippen molar-refractivity contribution in [3.63, 3.8) is 0 Å². The van der Waals surface area contributed by atoms with E-state index in [2.05, 4.69) is 21.3 Å². The predicted octanol–water partition coefficient (Wildman–Crippen LogP) is 9.36. The lowest BCUT2D eigenvalue weighted by atomic mass is 9.94. The molecule has 0 aliphatic carbocycles. The number of carbonyl (C=O) groups excluding carboxylic acids is 4. The van der Waals surface area contributed by atoms with Gasteiger partial charge >= 0.3 is 0 Å². The molecule has 1 unspecified atom stereocenters. The second-order valence-corrected chi connectivity index (χ2v) is 31.6. The monoisotopic (exact) mass is 1130 g/mol. The molecule has 0 spiro atoms. The SMILES string of the molecule is CC(C)[C@H](NC(=O)[C@H](Cc1ccc2ccccc2c1)CS(=O)(=O)C(C)(C)C)C(=O)N[C@H](Cc1ccccc1)P(=O)(O)[C@@H](Cc1ccccc1)NC(=O)[C@@H](NC(=O)[C@@H](Cc1cccc2ccccc12)CS(=O)(=O)C(C)(C)C)C(C)C. The lowest BCUT2D eigenvalue weighted by Gasteiger charge is -2.34. The van der Waals surface area contributed by atoms with E-state index in [4.69, 9.17) is 0 Å². The fourth-order valence-corrected chi connectivity index (χ4v) is 14.0. The van der Waals surface area contributed by atoms with E-state index in [-0.39, 0.29) is 25.7 Å². The number of hydrogen-bond donors (Lipinski definition) is 5. The molecular weight excluding hydrogens is 1060 g/mol. The van der Waals surface area contributed by atoms with Crippen LogP contribution in [0.2, 0.25) is 0 Å². The summed E-state index contributed by atoms with van der Waals surface area (Å²) in [6, 6.07) is 41.4. The van der Waals surface area contributed by atoms with E-state index in [0.29, 0.717) is 11.1 Å². The minimum atomic E-state index is -4.87. The molecule has 5 N–H and O–H groups in total. The van der Waals surface area contributed by atoms with E-state index in [1.807, 2.05) is 84.9 Å². The summed E-state index contributed by atoms with van der Waals surface area (Å²) in [6.07, 6.45) is -0.286. The first-order valence-corrected chi connectivity index (χ1v) is 32.1. The molecule has 0 bridgehead atoms. The molecular formula is C62H79N4O10PS2. The molecule has 0 aliphatic heterocycles. The molecule has 6 rings (SSSR count). The molecule has 0 saturated heterocycles. The maximum Gasteiger partial charge on any atom is 0.244 e. The van der Waals surface area contributed by atoms with E-state index in [0.717, 1.165) is 32.7 Å². The van der Waals surface area contributed by atoms with Crippen molar-refractivity contribution in [3.8, 4) is 0 Å². The Bertz CT molecular complexity index is 3370. The van der Waals surface area contributed by atoms with Crippen LogP contribution >= 0.6 is 7.37 Å². The van der Waals surface area contributed by atoms with Crippen molar-refractivity contribution in [2.75, 3.05) is 11.5 Å². The van der Waals surface area contributed by atoms with E-state index in [9.17, 15) is 40.9 Å². The number of fused-ring (bicyclic) bond motifs is 2. The first kappa shape index (κ1) is 62.0. The van der Waals surface area contributed by atoms with Gasteiger partial charge in [-0.05, 0) is 110 Å². The molecule has 17 heteroatoms. The molecule has 0 aliphatic rings. The average molecular weight is 1140 g/mol. The summed E-state index contributed by atoms with van der Waals surface area (Å²) in [5.74, 6) is -10.6. The standard InChI is InChI=1S/C62H79N4O10PS2/c1-41(2)55(65-57(67)50(39-78(73,74)61(5,6)7)35-45-32-33-46-26-17-18-28-48(46)34-45)59(69)63-53(36-43-22-13-11-14-23-43)77(71,72)54(37-44-24-15-12-16-25-44)64-60(70)56(42(3)4)66-58(68)51(40-79(75,76)62(8,9)10)38-49-30-21-29-47-27-19-20-31-52(47)49/h11-34,41-42,50-51,53-56H,35-40H2,1-10H3,(H,63,69)(H,64,70)(H,65,67)(H,66,68)(H,71,72)/t50-,51+,53+,54+,55+,56+/m1/s1. The maximum absolute atomic E-state index is 15.7. The van der Waals surface area contributed by atoms with Gasteiger partial charge in [0.25, 0.3) is 0 Å². The van der Waals surface area contributed by atoms with Crippen LogP contribution < -0.4 is 21.3 Å². The molecule has 0 heterocycles. The van der Waals surface area contributed by atoms with Gasteiger partial charge in [0.1, 0.15) is 23.6 Å². The second kappa shape index (κ2) is 25.9. The van der Waals surface area contributed by atoms with Gasteiger partial charge in [-0.25, -0.2) is 16.8 Å². The molecule has 7 atom stereocenters. The van der Waals surface area contributed by atoms with Gasteiger partial charge < -0.3 is 26.2 Å². The Hall–Kier alpha value is -6.19. The minimum absolute atomic E-state index is 0.0389. The van der Waals surface area contributed by atoms with Crippen LogP contribution in [0, 0.1) is 23.7 Å². The molecule has 6 aromatic rings. The first-order chi connectivity index (χ1) is 37.0. The second-order valence-electron chi connectivity index (χ2n) is 23.5. The van der Waals surface area contributed by atoms with Gasteiger partial charge in [-0.3, -0.25) is 23.7 Å². The maximum atomic E-state index is 15.7. The highest BCUT2D eigenvalue weighted by atomic mass is 32.2. The molecule has 0 saturated carbocycles. The number of nitrogens with one attached hydrogen (secondary N) is 4. The Balaban J connectivity index is 1.32. The summed E-state index contributed by atoms with van der Waals surface area (Å²) in [4.78, 5) is 71.6. The number of benzene rings is 6. The number of carbonyl (C=O) groups is 4. The lowest BCUT2D eigenvalue weighted by molar-refractivity contribution is -0.132. The quantitative estimate of drug-likeness (QED) is 0.0361. The van der Waals surface area contributed by atoms with E-state index in [1.54, 1.807) is 130 Å². The minimum Gasteiger partial charge on any atom is -0.344 e. The summed E-state index contributed by atoms with van der Waals surface area (Å²) in [6.45, 7) is 16.2. The van der Waals surface area contributed by atoms with Gasteiger partial charge in [-0.2, -0.15) is 0 Å². The average Bonchev–Trinajstić information content (AvgIpc) is 3.41. The number of hydrogen-bond acceptors (Lipinski definition) is 9. The topological polar surface area (TPSA) is 222 Å². The number of rotatable bonds is 24. The highest BCUT2D eigenvalue weighted by Gasteiger charge is 2.45. The first-order valence-electron chi connectivity index (χ1n) is 27.0. The molecule has 424 valence electrons. The van der Waals surface area contributed by atoms with Crippen LogP contribution in [0.5, 0.6) is 0 Å². The normalized spacial score (nSPS) is 15.6. The molecule has 0 fully saturated rings. The van der Waals surface area contributed by atoms with Crippen molar-refractivity contribution in [2.45, 2.75) is 128 Å². The molecule has 4 amide bonds. The molecule has 0 aromatic heterocycles. The third-order valence-electron chi connectivity index (χ3n) is 14.6. The van der Waals surface area contributed by atoms with Crippen LogP contribution in [-0.4, -0.2) is 90.0 Å². The van der Waals surface area contributed by atoms with Crippen LogP contribution in [0.1, 0.15) is 91.5 Å². The van der Waals surface area contributed by atoms with Crippen molar-refractivity contribution in [1.82, 2.24) is 21.3 Å². The Kier molecular flexibility index (Phi) is 20.4. The number of sulfone groups is 2. The zero-order chi connectivity index (χ0) is 58.1. The fraction of sp³-hybridized carbons (Fsp3) is 0.419. The van der Waals surface area contributed by atoms with Gasteiger partial charge in [-0.1, -0.05) is 173 Å². The predicted molar refractivity (Wildman–Crippen MR) is 317 cm³/mol. The summed E-state index contributed by atoms with van der Waals surface area (Å²) >= 11 is 0. The molecule has 6 aromatic carbocycles. The third-order valence-corrected chi connectivity index (χ3v) is 22.5. The van der Waals surface area contributed by atoms with Crippen LogP contribution in [0.4, 0.5) is 0 Å². The smallest absolute Gasteiger partial charge is 0.244 e. The van der Waals surface area contributed by atoms with Crippen LogP contribution in [-0.2, 0) is 69.1 Å². The van der Waals surface area contributed by atoms with Gasteiger partial charge in [0, 0.05) is 12.8 Å². The van der Waals surface area contributed by atoms with Gasteiger partial charge in [-0.15, -0.1) is 0 Å². The van der Waals surface area contributed by atoms with Crippen LogP contribution in [0.3, 0.4) is 0 Å². The highest BCUT2D eigenvalue weighted by molar-refractivity contribution is 7.93. The lowest BCUT2D eigenvalue weighted by Crippen LogP contribution is -2.56. The summed E-state index contributed by atoms with van der Waals surface area (Å²) in [5, 5.41) is 15.0. The Labute approximate surface area is 467 Å². The molecule has 79 heavy (non-hydrogen) atoms. The Morgan fingerprint density at radius 3 is 1.32 bits per heavy atom. The zero-order valence-corrected chi connectivity index (χ0v) is 49.6. The summed E-state index contributed by atoms with van der Waals surface area (Å²) < 4.78 is 68.5. The van der Waals surface area contributed by atoms with Crippen molar-refractivity contribution in [1.29, 1.82) is 0 Å². The van der Waals surface area contributed by atoms with Crippen molar-refractivity contribution in [3.05, 3.63) is 168 Å². The third kappa shape index (κ3) is 16.2. The van der Waals surface area contributed by atoms with Crippen molar-refractivity contribution in [2.24, 2.45) is 23.7 Å². The summed E-state index contributed by atoms with van der Waals surface area (Å²) in [7, 11) is -12.6. The zero-order valence-electron chi connectivity index (χ0n) is 47.1. The van der Waals surface area contributed by atoms with Gasteiger partial charge in [0.2, 0.25) is 31.0 Å². The van der Waals surface area contributed by atoms with Crippen molar-refractivity contribution < 1.29 is 45.5 Å². The van der Waals surface area contributed by atoms with Crippen molar-refractivity contribution >= 4 is 72.2 Å². The van der Waals surface area contributed by atoms with Gasteiger partial charge in [0.05, 0.1) is 32.8 Å². The largest absolute Gasteiger partial charge is 0.344 e. The van der Waals surface area contributed by atoms with Crippen LogP contribution in [0.15, 0.2) is 146 Å². The highest BCUT2D eigenvalue weighted by Crippen LogP contribution is 2.51.